The first-order valence-corrected chi connectivity index (χ1v) is 9.49. The van der Waals surface area contributed by atoms with Crippen molar-refractivity contribution in [1.29, 1.82) is 0 Å². The molecule has 2 heterocycles. The van der Waals surface area contributed by atoms with E-state index in [1.54, 1.807) is 37.5 Å². The highest BCUT2D eigenvalue weighted by Gasteiger charge is 2.21. The summed E-state index contributed by atoms with van der Waals surface area (Å²) in [4.78, 5) is 21.4. The Bertz CT molecular complexity index is 1010. The van der Waals surface area contributed by atoms with E-state index in [4.69, 9.17) is 11.7 Å². The van der Waals surface area contributed by atoms with Crippen molar-refractivity contribution in [2.45, 2.75) is 20.0 Å². The summed E-state index contributed by atoms with van der Waals surface area (Å²) in [6.45, 7) is 2.33. The molecule has 0 bridgehead atoms. The molecule has 0 atom stereocenters. The van der Waals surface area contributed by atoms with Gasteiger partial charge in [0.15, 0.2) is 10.8 Å². The molecule has 0 spiro atoms. The van der Waals surface area contributed by atoms with Gasteiger partial charge in [-0.25, -0.2) is 15.2 Å². The molecule has 0 radical (unpaired) electrons. The molecule has 0 saturated carbocycles. The summed E-state index contributed by atoms with van der Waals surface area (Å²) < 4.78 is 13.1. The number of rotatable bonds is 6. The van der Waals surface area contributed by atoms with Crippen LogP contribution < -0.4 is 17.0 Å². The van der Waals surface area contributed by atoms with Crippen LogP contribution in [0.3, 0.4) is 0 Å². The SMILES string of the molecule is Cc1nc(/C(=N/N)N(N)Cc2ccc(F)cc2)sc1C(=O)NCc1cccnc1. The fourth-order valence-electron chi connectivity index (χ4n) is 2.58. The monoisotopic (exact) mass is 413 g/mol. The Morgan fingerprint density at radius 2 is 2.03 bits per heavy atom. The number of aryl methyl sites for hydroxylation is 1. The molecule has 1 aromatic carbocycles. The summed E-state index contributed by atoms with van der Waals surface area (Å²) in [5.41, 5.74) is 2.21. The van der Waals surface area contributed by atoms with E-state index in [2.05, 4.69) is 20.4 Å². The maximum atomic E-state index is 13.1. The number of nitrogens with two attached hydrogens (primary N) is 2. The average Bonchev–Trinajstić information content (AvgIpc) is 3.10. The number of thiazole rings is 1. The Morgan fingerprint density at radius 3 is 2.69 bits per heavy atom. The van der Waals surface area contributed by atoms with E-state index in [0.717, 1.165) is 22.5 Å². The fraction of sp³-hybridized carbons (Fsp3) is 0.158. The Balaban J connectivity index is 1.71. The molecule has 8 nitrogen and oxygen atoms in total. The molecular weight excluding hydrogens is 393 g/mol. The topological polar surface area (TPSA) is 123 Å². The van der Waals surface area contributed by atoms with Crippen LogP contribution in [0.2, 0.25) is 0 Å². The highest BCUT2D eigenvalue weighted by molar-refractivity contribution is 7.15. The van der Waals surface area contributed by atoms with E-state index >= 15 is 0 Å². The lowest BCUT2D eigenvalue weighted by Gasteiger charge is -2.18. The standard InChI is InChI=1S/C19H20FN7OS/c1-12-16(18(28)24-10-14-3-2-8-23-9-14)29-19(25-12)17(26-21)27(22)11-13-4-6-15(20)7-5-13/h2-9H,10-11,21-22H2,1H3,(H,24,28)/b26-17-. The van der Waals surface area contributed by atoms with Crippen LogP contribution in [-0.2, 0) is 13.1 Å². The summed E-state index contributed by atoms with van der Waals surface area (Å²) in [5, 5.41) is 8.30. The number of amidine groups is 1. The highest BCUT2D eigenvalue weighted by Crippen LogP contribution is 2.20. The van der Waals surface area contributed by atoms with Crippen LogP contribution in [0.1, 0.15) is 31.5 Å². The van der Waals surface area contributed by atoms with Gasteiger partial charge in [-0.1, -0.05) is 18.2 Å². The van der Waals surface area contributed by atoms with Crippen LogP contribution in [0.15, 0.2) is 53.9 Å². The molecule has 10 heteroatoms. The molecule has 150 valence electrons. The van der Waals surface area contributed by atoms with Gasteiger partial charge in [0.05, 0.1) is 12.2 Å². The first kappa shape index (κ1) is 20.4. The summed E-state index contributed by atoms with van der Waals surface area (Å²) in [6, 6.07) is 9.61. The van der Waals surface area contributed by atoms with E-state index in [-0.39, 0.29) is 24.1 Å². The second-order valence-electron chi connectivity index (χ2n) is 6.18. The van der Waals surface area contributed by atoms with Crippen molar-refractivity contribution >= 4 is 23.1 Å². The van der Waals surface area contributed by atoms with Gasteiger partial charge in [0.1, 0.15) is 10.7 Å². The number of carbonyl (C=O) groups excluding carboxylic acids is 1. The number of hydrazone groups is 1. The lowest BCUT2D eigenvalue weighted by atomic mass is 10.2. The molecule has 1 amide bonds. The molecule has 0 aliphatic carbocycles. The minimum absolute atomic E-state index is 0.230. The van der Waals surface area contributed by atoms with Gasteiger partial charge in [-0.3, -0.25) is 14.8 Å². The zero-order valence-electron chi connectivity index (χ0n) is 15.7. The third kappa shape index (κ3) is 5.12. The number of benzene rings is 1. The smallest absolute Gasteiger partial charge is 0.263 e. The number of nitrogens with one attached hydrogen (secondary N) is 1. The number of halogens is 1. The van der Waals surface area contributed by atoms with E-state index in [9.17, 15) is 9.18 Å². The van der Waals surface area contributed by atoms with Crippen LogP contribution in [0, 0.1) is 12.7 Å². The number of nitrogens with zero attached hydrogens (tertiary/aromatic N) is 4. The van der Waals surface area contributed by atoms with E-state index in [1.807, 2.05) is 6.07 Å². The molecule has 0 aliphatic heterocycles. The predicted octanol–water partition coefficient (Wildman–Crippen LogP) is 1.91. The largest absolute Gasteiger partial charge is 0.347 e. The van der Waals surface area contributed by atoms with Gasteiger partial charge in [0.2, 0.25) is 0 Å². The van der Waals surface area contributed by atoms with Crippen LogP contribution >= 0.6 is 11.3 Å². The second-order valence-corrected chi connectivity index (χ2v) is 7.18. The van der Waals surface area contributed by atoms with Crippen molar-refractivity contribution in [3.63, 3.8) is 0 Å². The zero-order chi connectivity index (χ0) is 20.8. The maximum absolute atomic E-state index is 13.1. The number of amides is 1. The van der Waals surface area contributed by atoms with Gasteiger partial charge in [-0.05, 0) is 36.2 Å². The maximum Gasteiger partial charge on any atom is 0.263 e. The molecule has 0 fully saturated rings. The Hall–Kier alpha value is -3.37. The van der Waals surface area contributed by atoms with Crippen molar-refractivity contribution in [1.82, 2.24) is 20.3 Å². The number of pyridine rings is 1. The quantitative estimate of drug-likeness (QED) is 0.246. The van der Waals surface area contributed by atoms with Gasteiger partial charge < -0.3 is 11.2 Å². The lowest BCUT2D eigenvalue weighted by Crippen LogP contribution is -2.38. The Kier molecular flexibility index (Phi) is 6.47. The third-order valence-corrected chi connectivity index (χ3v) is 5.18. The molecule has 3 rings (SSSR count). The van der Waals surface area contributed by atoms with Crippen LogP contribution in [0.5, 0.6) is 0 Å². The average molecular weight is 413 g/mol. The first-order valence-electron chi connectivity index (χ1n) is 8.67. The van der Waals surface area contributed by atoms with Gasteiger partial charge >= 0.3 is 0 Å². The van der Waals surface area contributed by atoms with Crippen molar-refractivity contribution in [3.05, 3.63) is 81.3 Å². The second kappa shape index (κ2) is 9.22. The van der Waals surface area contributed by atoms with Crippen LogP contribution in [0.4, 0.5) is 4.39 Å². The number of hydrogen-bond donors (Lipinski definition) is 3. The molecule has 5 N–H and O–H groups in total. The summed E-state index contributed by atoms with van der Waals surface area (Å²) in [5.74, 6) is 11.3. The van der Waals surface area contributed by atoms with Gasteiger partial charge in [0.25, 0.3) is 5.91 Å². The molecule has 2 aromatic heterocycles. The molecule has 0 aliphatic rings. The van der Waals surface area contributed by atoms with Crippen LogP contribution in [-0.4, -0.2) is 26.7 Å². The summed E-state index contributed by atoms with van der Waals surface area (Å²) in [7, 11) is 0. The molecular formula is C19H20FN7OS. The molecule has 29 heavy (non-hydrogen) atoms. The van der Waals surface area contributed by atoms with Crippen molar-refractivity contribution < 1.29 is 9.18 Å². The van der Waals surface area contributed by atoms with Gasteiger partial charge in [0, 0.05) is 18.9 Å². The highest BCUT2D eigenvalue weighted by atomic mass is 32.1. The van der Waals surface area contributed by atoms with E-state index in [1.165, 1.54) is 17.1 Å². The minimum atomic E-state index is -0.331. The van der Waals surface area contributed by atoms with E-state index < -0.39 is 0 Å². The number of carbonyl (C=O) groups is 1. The summed E-state index contributed by atoms with van der Waals surface area (Å²) in [6.07, 6.45) is 3.36. The van der Waals surface area contributed by atoms with Crippen molar-refractivity contribution in [2.24, 2.45) is 16.8 Å². The van der Waals surface area contributed by atoms with Crippen LogP contribution in [0.25, 0.3) is 0 Å². The fourth-order valence-corrected chi connectivity index (χ4v) is 3.58. The van der Waals surface area contributed by atoms with Gasteiger partial charge in [-0.15, -0.1) is 11.3 Å². The minimum Gasteiger partial charge on any atom is -0.347 e. The number of hydrogen-bond acceptors (Lipinski definition) is 7. The molecule has 0 unspecified atom stereocenters. The van der Waals surface area contributed by atoms with E-state index in [0.29, 0.717) is 22.1 Å². The van der Waals surface area contributed by atoms with Crippen molar-refractivity contribution in [3.8, 4) is 0 Å². The zero-order valence-corrected chi connectivity index (χ0v) is 16.5. The Morgan fingerprint density at radius 1 is 1.28 bits per heavy atom. The van der Waals surface area contributed by atoms with Gasteiger partial charge in [-0.2, -0.15) is 5.10 Å². The first-order chi connectivity index (χ1) is 14.0. The summed E-state index contributed by atoms with van der Waals surface area (Å²) >= 11 is 1.15. The molecule has 0 saturated heterocycles. The molecule has 3 aromatic rings. The number of aromatic nitrogens is 2. The van der Waals surface area contributed by atoms with Crippen molar-refractivity contribution in [2.75, 3.05) is 0 Å². The Labute approximate surface area is 171 Å². The normalized spacial score (nSPS) is 11.3. The third-order valence-electron chi connectivity index (χ3n) is 4.03. The predicted molar refractivity (Wildman–Crippen MR) is 109 cm³/mol. The number of hydrazine groups is 1. The lowest BCUT2D eigenvalue weighted by molar-refractivity contribution is 0.0954.